The van der Waals surface area contributed by atoms with E-state index in [1.54, 1.807) is 61.9 Å². The molecule has 0 saturated carbocycles. The number of hydrogen-bond acceptors (Lipinski definition) is 6. The minimum atomic E-state index is -0.501. The molecule has 1 aliphatic heterocycles. The molecule has 2 aromatic carbocycles. The van der Waals surface area contributed by atoms with Crippen LogP contribution in [0.1, 0.15) is 29.3 Å². The number of rotatable bonds is 7. The van der Waals surface area contributed by atoms with Crippen molar-refractivity contribution in [2.45, 2.75) is 18.9 Å². The highest BCUT2D eigenvalue weighted by molar-refractivity contribution is 6.30. The molecule has 0 N–H and O–H groups in total. The molecule has 0 aliphatic carbocycles. The van der Waals surface area contributed by atoms with Gasteiger partial charge in [0.1, 0.15) is 17.6 Å². The van der Waals surface area contributed by atoms with Gasteiger partial charge in [0.15, 0.2) is 6.61 Å². The fourth-order valence-electron chi connectivity index (χ4n) is 3.43. The molecule has 2 heterocycles. The maximum atomic E-state index is 12.9. The third-order valence-electron chi connectivity index (χ3n) is 5.08. The van der Waals surface area contributed by atoms with Crippen LogP contribution in [0.4, 0.5) is 0 Å². The molecule has 1 aromatic heterocycles. The van der Waals surface area contributed by atoms with Crippen molar-refractivity contribution in [1.82, 2.24) is 5.01 Å². The molecule has 0 saturated heterocycles. The van der Waals surface area contributed by atoms with Crippen LogP contribution < -0.4 is 4.74 Å². The Kier molecular flexibility index (Phi) is 6.56. The quantitative estimate of drug-likeness (QED) is 0.496. The largest absolute Gasteiger partial charge is 0.497 e. The average molecular weight is 453 g/mol. The minimum Gasteiger partial charge on any atom is -0.497 e. The van der Waals surface area contributed by atoms with E-state index in [0.29, 0.717) is 23.0 Å². The average Bonchev–Trinajstić information content (AvgIpc) is 3.48. The number of hydrazone groups is 1. The van der Waals surface area contributed by atoms with Crippen molar-refractivity contribution in [2.24, 2.45) is 5.10 Å². The Morgan fingerprint density at radius 2 is 1.88 bits per heavy atom. The number of hydrogen-bond donors (Lipinski definition) is 0. The first kappa shape index (κ1) is 21.6. The van der Waals surface area contributed by atoms with Gasteiger partial charge in [-0.15, -0.1) is 0 Å². The van der Waals surface area contributed by atoms with Gasteiger partial charge in [-0.05, 0) is 47.5 Å². The number of halogens is 1. The van der Waals surface area contributed by atoms with Gasteiger partial charge in [0.05, 0.1) is 25.5 Å². The molecule has 8 heteroatoms. The van der Waals surface area contributed by atoms with Gasteiger partial charge in [-0.2, -0.15) is 5.10 Å². The summed E-state index contributed by atoms with van der Waals surface area (Å²) in [4.78, 5) is 25.1. The van der Waals surface area contributed by atoms with Gasteiger partial charge in [0.25, 0.3) is 5.91 Å². The molecule has 0 spiro atoms. The van der Waals surface area contributed by atoms with E-state index in [0.717, 1.165) is 16.8 Å². The molecule has 1 atom stereocenters. The predicted octanol–water partition coefficient (Wildman–Crippen LogP) is 4.41. The number of carbonyl (C=O) groups excluding carboxylic acids is 2. The topological polar surface area (TPSA) is 81.3 Å². The molecule has 1 aliphatic rings. The van der Waals surface area contributed by atoms with Gasteiger partial charge in [0.2, 0.25) is 0 Å². The highest BCUT2D eigenvalue weighted by atomic mass is 35.5. The third kappa shape index (κ3) is 5.00. The van der Waals surface area contributed by atoms with E-state index in [-0.39, 0.29) is 6.42 Å². The molecule has 3 aromatic rings. The van der Waals surface area contributed by atoms with Gasteiger partial charge in [-0.25, -0.2) is 5.01 Å². The van der Waals surface area contributed by atoms with Gasteiger partial charge >= 0.3 is 5.97 Å². The van der Waals surface area contributed by atoms with Crippen molar-refractivity contribution in [3.8, 4) is 5.75 Å². The van der Waals surface area contributed by atoms with Crippen molar-refractivity contribution in [2.75, 3.05) is 13.7 Å². The third-order valence-corrected chi connectivity index (χ3v) is 5.33. The zero-order valence-electron chi connectivity index (χ0n) is 17.4. The smallest absolute Gasteiger partial charge is 0.310 e. The monoisotopic (exact) mass is 452 g/mol. The van der Waals surface area contributed by atoms with E-state index in [1.807, 2.05) is 12.1 Å². The standard InChI is InChI=1S/C24H21ClN2O5/c1-30-19-10-4-16(5-11-19)13-24(29)32-15-23(28)27-21(22-3-2-12-31-22)14-20(26-27)17-6-8-18(25)9-7-17/h2-12,21H,13-15H2,1H3. The Morgan fingerprint density at radius 1 is 1.12 bits per heavy atom. The number of esters is 1. The molecule has 4 rings (SSSR count). The first-order valence-electron chi connectivity index (χ1n) is 10.0. The van der Waals surface area contributed by atoms with E-state index >= 15 is 0 Å². The molecule has 1 amide bonds. The second-order valence-corrected chi connectivity index (χ2v) is 7.65. The molecule has 7 nitrogen and oxygen atoms in total. The molecule has 0 bridgehead atoms. The Labute approximate surface area is 190 Å². The number of methoxy groups -OCH3 is 1. The number of nitrogens with zero attached hydrogens (tertiary/aromatic N) is 2. The second-order valence-electron chi connectivity index (χ2n) is 7.21. The van der Waals surface area contributed by atoms with E-state index in [2.05, 4.69) is 5.10 Å². The van der Waals surface area contributed by atoms with Crippen LogP contribution in [-0.4, -0.2) is 36.3 Å². The molecule has 164 valence electrons. The van der Waals surface area contributed by atoms with E-state index in [9.17, 15) is 9.59 Å². The van der Waals surface area contributed by atoms with Gasteiger partial charge in [0, 0.05) is 11.4 Å². The lowest BCUT2D eigenvalue weighted by Crippen LogP contribution is -2.31. The van der Waals surface area contributed by atoms with Crippen molar-refractivity contribution in [3.63, 3.8) is 0 Å². The van der Waals surface area contributed by atoms with E-state index in [4.69, 9.17) is 25.5 Å². The highest BCUT2D eigenvalue weighted by Crippen LogP contribution is 2.33. The highest BCUT2D eigenvalue weighted by Gasteiger charge is 2.35. The zero-order valence-corrected chi connectivity index (χ0v) is 18.1. The van der Waals surface area contributed by atoms with E-state index < -0.39 is 24.5 Å². The van der Waals surface area contributed by atoms with Crippen LogP contribution in [0, 0.1) is 0 Å². The predicted molar refractivity (Wildman–Crippen MR) is 119 cm³/mol. The lowest BCUT2D eigenvalue weighted by atomic mass is 10.0. The minimum absolute atomic E-state index is 0.0537. The Balaban J connectivity index is 1.43. The number of furan rings is 1. The van der Waals surface area contributed by atoms with Crippen molar-refractivity contribution in [1.29, 1.82) is 0 Å². The van der Waals surface area contributed by atoms with Crippen LogP contribution in [-0.2, 0) is 20.7 Å². The van der Waals surface area contributed by atoms with Crippen LogP contribution in [0.25, 0.3) is 0 Å². The normalized spacial score (nSPS) is 15.4. The van der Waals surface area contributed by atoms with Gasteiger partial charge in [-0.1, -0.05) is 35.9 Å². The summed E-state index contributed by atoms with van der Waals surface area (Å²) < 4.78 is 15.8. The van der Waals surface area contributed by atoms with Crippen LogP contribution in [0.2, 0.25) is 5.02 Å². The zero-order chi connectivity index (χ0) is 22.5. The molecular weight excluding hydrogens is 432 g/mol. The fourth-order valence-corrected chi connectivity index (χ4v) is 3.56. The molecule has 0 radical (unpaired) electrons. The van der Waals surface area contributed by atoms with E-state index in [1.165, 1.54) is 5.01 Å². The summed E-state index contributed by atoms with van der Waals surface area (Å²) in [6, 6.07) is 17.5. The summed E-state index contributed by atoms with van der Waals surface area (Å²) in [5.74, 6) is 0.373. The molecule has 32 heavy (non-hydrogen) atoms. The van der Waals surface area contributed by atoms with Crippen LogP contribution in [0.5, 0.6) is 5.75 Å². The van der Waals surface area contributed by atoms with Crippen LogP contribution >= 0.6 is 11.6 Å². The maximum absolute atomic E-state index is 12.9. The van der Waals surface area contributed by atoms with Gasteiger partial charge in [-0.3, -0.25) is 9.59 Å². The summed E-state index contributed by atoms with van der Waals surface area (Å²) >= 11 is 5.98. The Morgan fingerprint density at radius 3 is 2.53 bits per heavy atom. The van der Waals surface area contributed by atoms with Crippen molar-refractivity contribution < 1.29 is 23.5 Å². The lowest BCUT2D eigenvalue weighted by Gasteiger charge is -2.19. The number of carbonyl (C=O) groups is 2. The lowest BCUT2D eigenvalue weighted by molar-refractivity contribution is -0.152. The second kappa shape index (κ2) is 9.70. The first-order chi connectivity index (χ1) is 15.5. The number of ether oxygens (including phenoxy) is 2. The van der Waals surface area contributed by atoms with Crippen LogP contribution in [0.3, 0.4) is 0 Å². The van der Waals surface area contributed by atoms with Gasteiger partial charge < -0.3 is 13.9 Å². The summed E-state index contributed by atoms with van der Waals surface area (Å²) in [7, 11) is 1.57. The fraction of sp³-hybridized carbons (Fsp3) is 0.208. The molecule has 1 unspecified atom stereocenters. The summed E-state index contributed by atoms with van der Waals surface area (Å²) in [5.41, 5.74) is 2.35. The number of amides is 1. The Bertz CT molecular complexity index is 1110. The summed E-state index contributed by atoms with van der Waals surface area (Å²) in [5, 5.41) is 6.44. The summed E-state index contributed by atoms with van der Waals surface area (Å²) in [6.07, 6.45) is 2.08. The maximum Gasteiger partial charge on any atom is 0.310 e. The first-order valence-corrected chi connectivity index (χ1v) is 10.4. The molecular formula is C24H21ClN2O5. The summed E-state index contributed by atoms with van der Waals surface area (Å²) in [6.45, 7) is -0.413. The molecule has 0 fully saturated rings. The SMILES string of the molecule is COc1ccc(CC(=O)OCC(=O)N2N=C(c3ccc(Cl)cc3)CC2c2ccco2)cc1. The van der Waals surface area contributed by atoms with Crippen LogP contribution in [0.15, 0.2) is 76.4 Å². The van der Waals surface area contributed by atoms with Crippen molar-refractivity contribution >= 4 is 29.2 Å². The van der Waals surface area contributed by atoms with Crippen molar-refractivity contribution in [3.05, 3.63) is 88.8 Å². The number of benzene rings is 2. The Hall–Kier alpha value is -3.58.